The molecule has 2 N–H and O–H groups in total. The number of para-hydroxylation sites is 1. The highest BCUT2D eigenvalue weighted by atomic mass is 79.9. The molecule has 0 aliphatic heterocycles. The molecule has 0 spiro atoms. The maximum Gasteiger partial charge on any atom is 0.127 e. The lowest BCUT2D eigenvalue weighted by Crippen LogP contribution is -1.86. The van der Waals surface area contributed by atoms with Crippen molar-refractivity contribution in [2.45, 2.75) is 13.3 Å². The molecule has 0 fully saturated rings. The van der Waals surface area contributed by atoms with Crippen molar-refractivity contribution < 1.29 is 5.11 Å². The monoisotopic (exact) mass is 336 g/mol. The zero-order chi connectivity index (χ0) is 13.4. The van der Waals surface area contributed by atoms with E-state index in [9.17, 15) is 0 Å². The molecule has 0 radical (unpaired) electrons. The number of aryl methyl sites for hydroxylation is 1. The van der Waals surface area contributed by atoms with Gasteiger partial charge in [-0.3, -0.25) is 0 Å². The number of H-pyrrole nitrogens is 1. The van der Waals surface area contributed by atoms with E-state index in [1.54, 1.807) is 11.3 Å². The number of hydrogen-bond acceptors (Lipinski definition) is 3. The van der Waals surface area contributed by atoms with Crippen LogP contribution in [-0.2, 0) is 6.42 Å². The molecule has 0 unspecified atom stereocenters. The Kier molecular flexibility index (Phi) is 3.43. The number of aromatic nitrogens is 2. The third kappa shape index (κ3) is 2.22. The second kappa shape index (κ2) is 5.07. The zero-order valence-electron chi connectivity index (χ0n) is 10.4. The number of rotatable bonds is 3. The van der Waals surface area contributed by atoms with E-state index in [2.05, 4.69) is 45.0 Å². The summed E-state index contributed by atoms with van der Waals surface area (Å²) in [5, 5.41) is 11.2. The van der Waals surface area contributed by atoms with Gasteiger partial charge in [0.15, 0.2) is 0 Å². The molecule has 3 nitrogen and oxygen atoms in total. The summed E-state index contributed by atoms with van der Waals surface area (Å²) in [6.45, 7) is 2.21. The summed E-state index contributed by atoms with van der Waals surface area (Å²) < 4.78 is 0.839. The number of benzene rings is 1. The van der Waals surface area contributed by atoms with Crippen molar-refractivity contribution in [1.29, 1.82) is 0 Å². The van der Waals surface area contributed by atoms with Crippen molar-refractivity contribution in [3.8, 4) is 10.6 Å². The molecule has 98 valence electrons. The molecule has 0 aliphatic carbocycles. The minimum atomic E-state index is 0.146. The fourth-order valence-corrected chi connectivity index (χ4v) is 4.04. The Morgan fingerprint density at radius 1 is 1.37 bits per heavy atom. The summed E-state index contributed by atoms with van der Waals surface area (Å²) in [4.78, 5) is 9.06. The quantitative estimate of drug-likeness (QED) is 0.762. The third-order valence-electron chi connectivity index (χ3n) is 3.10. The van der Waals surface area contributed by atoms with Crippen LogP contribution in [0.5, 0.6) is 0 Å². The van der Waals surface area contributed by atoms with Crippen molar-refractivity contribution in [1.82, 2.24) is 9.97 Å². The van der Waals surface area contributed by atoms with Crippen LogP contribution in [-0.4, -0.2) is 21.7 Å². The van der Waals surface area contributed by atoms with Crippen molar-refractivity contribution >= 4 is 38.2 Å². The van der Waals surface area contributed by atoms with Gasteiger partial charge in [-0.1, -0.05) is 18.2 Å². The first-order valence-corrected chi connectivity index (χ1v) is 7.65. The normalized spacial score (nSPS) is 11.3. The lowest BCUT2D eigenvalue weighted by Gasteiger charge is -1.95. The molecule has 0 atom stereocenters. The molecule has 0 aliphatic rings. The van der Waals surface area contributed by atoms with Gasteiger partial charge in [0.25, 0.3) is 0 Å². The minimum absolute atomic E-state index is 0.146. The second-order valence-electron chi connectivity index (χ2n) is 4.38. The fraction of sp³-hybridized carbons (Fsp3) is 0.214. The second-order valence-corrected chi connectivity index (χ2v) is 6.21. The maximum atomic E-state index is 9.06. The number of nitrogens with one attached hydrogen (secondary N) is 1. The highest BCUT2D eigenvalue weighted by molar-refractivity contribution is 9.10. The number of fused-ring (bicyclic) bond motifs is 1. The number of aliphatic hydroxyl groups excluding tert-OH is 1. The molecule has 0 bridgehead atoms. The van der Waals surface area contributed by atoms with E-state index in [1.807, 2.05) is 12.1 Å². The molecule has 0 saturated carbocycles. The van der Waals surface area contributed by atoms with Crippen LogP contribution in [0, 0.1) is 6.92 Å². The van der Waals surface area contributed by atoms with Crippen LogP contribution in [0.25, 0.3) is 21.5 Å². The van der Waals surface area contributed by atoms with E-state index in [-0.39, 0.29) is 6.61 Å². The maximum absolute atomic E-state index is 9.06. The number of aromatic amines is 1. The number of aliphatic hydroxyl groups is 1. The van der Waals surface area contributed by atoms with Crippen LogP contribution >= 0.6 is 27.3 Å². The number of halogens is 1. The van der Waals surface area contributed by atoms with E-state index in [0.29, 0.717) is 6.42 Å². The van der Waals surface area contributed by atoms with Crippen molar-refractivity contribution in [2.24, 2.45) is 0 Å². The summed E-state index contributed by atoms with van der Waals surface area (Å²) in [5.41, 5.74) is 3.41. The largest absolute Gasteiger partial charge is 0.396 e. The number of thiazole rings is 1. The van der Waals surface area contributed by atoms with Crippen LogP contribution in [0.3, 0.4) is 0 Å². The Morgan fingerprint density at radius 3 is 2.95 bits per heavy atom. The van der Waals surface area contributed by atoms with Gasteiger partial charge in [0, 0.05) is 40.1 Å². The predicted molar refractivity (Wildman–Crippen MR) is 82.6 cm³/mol. The third-order valence-corrected chi connectivity index (χ3v) is 5.15. The van der Waals surface area contributed by atoms with Crippen molar-refractivity contribution in [3.05, 3.63) is 39.4 Å². The van der Waals surface area contributed by atoms with Crippen LogP contribution in [0.15, 0.2) is 28.9 Å². The summed E-state index contributed by atoms with van der Waals surface area (Å²) in [7, 11) is 0. The summed E-state index contributed by atoms with van der Waals surface area (Å²) in [6, 6.07) is 8.24. The molecular formula is C14H13BrN2OS. The van der Waals surface area contributed by atoms with Crippen LogP contribution in [0.4, 0.5) is 0 Å². The van der Waals surface area contributed by atoms with Gasteiger partial charge >= 0.3 is 0 Å². The lowest BCUT2D eigenvalue weighted by molar-refractivity contribution is 0.300. The Balaban J connectivity index is 2.18. The van der Waals surface area contributed by atoms with Gasteiger partial charge in [0.2, 0.25) is 0 Å². The first-order valence-electron chi connectivity index (χ1n) is 6.04. The molecule has 2 heterocycles. The molecule has 3 aromatic rings. The number of hydrogen-bond donors (Lipinski definition) is 2. The van der Waals surface area contributed by atoms with E-state index in [0.717, 1.165) is 31.3 Å². The molecular weight excluding hydrogens is 324 g/mol. The van der Waals surface area contributed by atoms with Crippen LogP contribution < -0.4 is 0 Å². The average Bonchev–Trinajstić information content (AvgIpc) is 2.90. The van der Waals surface area contributed by atoms with E-state index >= 15 is 0 Å². The van der Waals surface area contributed by atoms with E-state index < -0.39 is 0 Å². The van der Waals surface area contributed by atoms with Gasteiger partial charge in [-0.2, -0.15) is 0 Å². The molecule has 0 saturated heterocycles. The lowest BCUT2D eigenvalue weighted by atomic mass is 10.1. The van der Waals surface area contributed by atoms with Gasteiger partial charge in [0.1, 0.15) is 9.61 Å². The SMILES string of the molecule is Cc1[nH]c2ccccc2c1-c1nc(Br)c(CCO)s1. The summed E-state index contributed by atoms with van der Waals surface area (Å²) in [5.74, 6) is 0. The Bertz CT molecular complexity index is 732. The topological polar surface area (TPSA) is 48.9 Å². The minimum Gasteiger partial charge on any atom is -0.396 e. The fourth-order valence-electron chi connectivity index (χ4n) is 2.25. The molecule has 19 heavy (non-hydrogen) atoms. The first-order chi connectivity index (χ1) is 9.20. The molecule has 3 rings (SSSR count). The Morgan fingerprint density at radius 2 is 2.16 bits per heavy atom. The molecule has 1 aromatic carbocycles. The summed E-state index contributed by atoms with van der Waals surface area (Å²) >= 11 is 5.10. The highest BCUT2D eigenvalue weighted by Crippen LogP contribution is 2.37. The van der Waals surface area contributed by atoms with Crippen molar-refractivity contribution in [3.63, 3.8) is 0 Å². The van der Waals surface area contributed by atoms with Gasteiger partial charge in [-0.25, -0.2) is 4.98 Å². The smallest absolute Gasteiger partial charge is 0.127 e. The van der Waals surface area contributed by atoms with Crippen LogP contribution in [0.1, 0.15) is 10.6 Å². The molecule has 2 aromatic heterocycles. The average molecular weight is 337 g/mol. The van der Waals surface area contributed by atoms with Gasteiger partial charge < -0.3 is 10.1 Å². The Hall–Kier alpha value is -1.17. The molecule has 0 amide bonds. The van der Waals surface area contributed by atoms with Gasteiger partial charge in [-0.05, 0) is 28.9 Å². The van der Waals surface area contributed by atoms with Crippen molar-refractivity contribution in [2.75, 3.05) is 6.61 Å². The standard InChI is InChI=1S/C14H13BrN2OS/c1-8-12(9-4-2-3-5-10(9)16-8)14-17-13(15)11(19-14)6-7-18/h2-5,16,18H,6-7H2,1H3. The Labute approximate surface area is 123 Å². The molecule has 5 heteroatoms. The predicted octanol–water partition coefficient (Wildman–Crippen LogP) is 3.90. The summed E-state index contributed by atoms with van der Waals surface area (Å²) in [6.07, 6.45) is 0.639. The van der Waals surface area contributed by atoms with Gasteiger partial charge in [0.05, 0.1) is 0 Å². The van der Waals surface area contributed by atoms with Gasteiger partial charge in [-0.15, -0.1) is 11.3 Å². The van der Waals surface area contributed by atoms with E-state index in [4.69, 9.17) is 5.11 Å². The van der Waals surface area contributed by atoms with E-state index in [1.165, 1.54) is 5.39 Å². The zero-order valence-corrected chi connectivity index (χ0v) is 12.8. The number of nitrogens with zero attached hydrogens (tertiary/aromatic N) is 1. The van der Waals surface area contributed by atoms with Crippen LogP contribution in [0.2, 0.25) is 0 Å². The first kappa shape index (κ1) is 12.8. The highest BCUT2D eigenvalue weighted by Gasteiger charge is 2.16.